The van der Waals surface area contributed by atoms with Gasteiger partial charge in [0.1, 0.15) is 0 Å². The normalized spacial score (nSPS) is 12.8. The van der Waals surface area contributed by atoms with Gasteiger partial charge in [-0.15, -0.1) is 0 Å². The molecule has 2 aromatic rings. The van der Waals surface area contributed by atoms with Crippen LogP contribution in [0, 0.1) is 0 Å². The van der Waals surface area contributed by atoms with E-state index in [1.807, 2.05) is 36.4 Å². The van der Waals surface area contributed by atoms with E-state index in [0.29, 0.717) is 18.0 Å². The number of carbonyl (C=O) groups is 1. The Bertz CT molecular complexity index is 675. The second kappa shape index (κ2) is 5.68. The molecule has 0 N–H and O–H groups in total. The molecule has 2 nitrogen and oxygen atoms in total. The number of halogens is 2. The fourth-order valence-corrected chi connectivity index (χ4v) is 3.57. The van der Waals surface area contributed by atoms with Crippen LogP contribution in [0.2, 0.25) is 5.02 Å². The van der Waals surface area contributed by atoms with Gasteiger partial charge in [0.15, 0.2) is 0 Å². The SMILES string of the molecule is O=C(Cl)CCN1c2ccccc2Sc2ccc(Cl)cc21. The number of rotatable bonds is 3. The molecule has 0 fully saturated rings. The maximum atomic E-state index is 11.1. The van der Waals surface area contributed by atoms with E-state index in [4.69, 9.17) is 23.2 Å². The van der Waals surface area contributed by atoms with Crippen LogP contribution in [0.3, 0.4) is 0 Å². The maximum Gasteiger partial charge on any atom is 0.223 e. The number of carbonyl (C=O) groups excluding carboxylic acids is 1. The largest absolute Gasteiger partial charge is 0.339 e. The molecule has 0 aromatic heterocycles. The summed E-state index contributed by atoms with van der Waals surface area (Å²) < 4.78 is 0. The molecule has 1 aliphatic rings. The Kier molecular flexibility index (Phi) is 3.92. The van der Waals surface area contributed by atoms with Gasteiger partial charge in [-0.3, -0.25) is 4.79 Å². The molecule has 0 bridgehead atoms. The summed E-state index contributed by atoms with van der Waals surface area (Å²) in [5.41, 5.74) is 2.12. The molecule has 0 aliphatic carbocycles. The highest BCUT2D eigenvalue weighted by atomic mass is 35.5. The molecule has 5 heteroatoms. The zero-order valence-corrected chi connectivity index (χ0v) is 12.8. The summed E-state index contributed by atoms with van der Waals surface area (Å²) in [6, 6.07) is 13.9. The Morgan fingerprint density at radius 1 is 1.10 bits per heavy atom. The van der Waals surface area contributed by atoms with Gasteiger partial charge in [-0.2, -0.15) is 0 Å². The molecule has 1 heterocycles. The lowest BCUT2D eigenvalue weighted by molar-refractivity contribution is -0.111. The molecule has 102 valence electrons. The van der Waals surface area contributed by atoms with Crippen LogP contribution in [-0.2, 0) is 4.79 Å². The third kappa shape index (κ3) is 2.66. The van der Waals surface area contributed by atoms with Crippen LogP contribution in [0.1, 0.15) is 6.42 Å². The fourth-order valence-electron chi connectivity index (χ4n) is 2.24. The van der Waals surface area contributed by atoms with Crippen LogP contribution in [0.5, 0.6) is 0 Å². The predicted molar refractivity (Wildman–Crippen MR) is 84.5 cm³/mol. The third-order valence-corrected chi connectivity index (χ3v) is 4.67. The monoisotopic (exact) mass is 323 g/mol. The molecule has 0 atom stereocenters. The van der Waals surface area contributed by atoms with Gasteiger partial charge in [0.2, 0.25) is 5.24 Å². The average Bonchev–Trinajstić information content (AvgIpc) is 2.43. The predicted octanol–water partition coefficient (Wildman–Crippen LogP) is 5.10. The number of para-hydroxylation sites is 1. The van der Waals surface area contributed by atoms with E-state index < -0.39 is 0 Å². The van der Waals surface area contributed by atoms with Gasteiger partial charge in [0, 0.05) is 27.8 Å². The summed E-state index contributed by atoms with van der Waals surface area (Å²) in [4.78, 5) is 15.5. The number of benzene rings is 2. The van der Waals surface area contributed by atoms with Crippen molar-refractivity contribution in [1.82, 2.24) is 0 Å². The molecule has 0 saturated heterocycles. The molecule has 0 unspecified atom stereocenters. The van der Waals surface area contributed by atoms with Crippen molar-refractivity contribution in [3.63, 3.8) is 0 Å². The van der Waals surface area contributed by atoms with Crippen LogP contribution in [0.4, 0.5) is 11.4 Å². The molecule has 0 spiro atoms. The highest BCUT2D eigenvalue weighted by Crippen LogP contribution is 2.48. The lowest BCUT2D eigenvalue weighted by Crippen LogP contribution is -2.23. The summed E-state index contributed by atoms with van der Waals surface area (Å²) in [6.45, 7) is 0.549. The second-order valence-corrected chi connectivity index (χ2v) is 6.38. The smallest absolute Gasteiger partial charge is 0.223 e. The van der Waals surface area contributed by atoms with Crippen molar-refractivity contribution in [2.75, 3.05) is 11.4 Å². The van der Waals surface area contributed by atoms with Gasteiger partial charge in [-0.05, 0) is 41.9 Å². The minimum Gasteiger partial charge on any atom is -0.339 e. The quantitative estimate of drug-likeness (QED) is 0.733. The first-order chi connectivity index (χ1) is 9.65. The van der Waals surface area contributed by atoms with Crippen molar-refractivity contribution in [3.8, 4) is 0 Å². The number of anilines is 2. The summed E-state index contributed by atoms with van der Waals surface area (Å²) in [5, 5.41) is 0.357. The zero-order chi connectivity index (χ0) is 14.1. The van der Waals surface area contributed by atoms with Gasteiger partial charge < -0.3 is 4.90 Å². The van der Waals surface area contributed by atoms with Gasteiger partial charge >= 0.3 is 0 Å². The van der Waals surface area contributed by atoms with E-state index in [9.17, 15) is 4.79 Å². The third-order valence-electron chi connectivity index (χ3n) is 3.12. The van der Waals surface area contributed by atoms with Gasteiger partial charge in [-0.1, -0.05) is 35.5 Å². The van der Waals surface area contributed by atoms with Crippen LogP contribution >= 0.6 is 35.0 Å². The Balaban J connectivity index is 2.06. The maximum absolute atomic E-state index is 11.1. The molecule has 3 rings (SSSR count). The standard InChI is InChI=1S/C15H11Cl2NOS/c16-10-5-6-14-12(9-10)18(8-7-15(17)19)11-3-1-2-4-13(11)20-14/h1-6,9H,7-8H2. The summed E-state index contributed by atoms with van der Waals surface area (Å²) in [5.74, 6) is 0. The summed E-state index contributed by atoms with van der Waals surface area (Å²) in [6.07, 6.45) is 0.298. The van der Waals surface area contributed by atoms with Gasteiger partial charge in [-0.25, -0.2) is 0 Å². The van der Waals surface area contributed by atoms with Crippen molar-refractivity contribution in [3.05, 3.63) is 47.5 Å². The fraction of sp³-hybridized carbons (Fsp3) is 0.133. The van der Waals surface area contributed by atoms with Crippen LogP contribution in [-0.4, -0.2) is 11.8 Å². The van der Waals surface area contributed by atoms with E-state index >= 15 is 0 Å². The van der Waals surface area contributed by atoms with Crippen LogP contribution in [0.25, 0.3) is 0 Å². The minimum absolute atomic E-state index is 0.298. The Labute approximate surface area is 131 Å². The number of hydrogen-bond acceptors (Lipinski definition) is 3. The zero-order valence-electron chi connectivity index (χ0n) is 10.5. The van der Waals surface area contributed by atoms with Crippen molar-refractivity contribution < 1.29 is 4.79 Å². The van der Waals surface area contributed by atoms with Gasteiger partial charge in [0.25, 0.3) is 0 Å². The van der Waals surface area contributed by atoms with E-state index in [1.165, 1.54) is 4.90 Å². The highest BCUT2D eigenvalue weighted by Gasteiger charge is 2.23. The number of hydrogen-bond donors (Lipinski definition) is 0. The van der Waals surface area contributed by atoms with Crippen LogP contribution in [0.15, 0.2) is 52.3 Å². The lowest BCUT2D eigenvalue weighted by Gasteiger charge is -2.32. The molecule has 0 saturated carbocycles. The van der Waals surface area contributed by atoms with Crippen LogP contribution < -0.4 is 4.90 Å². The van der Waals surface area contributed by atoms with E-state index in [0.717, 1.165) is 16.3 Å². The Morgan fingerprint density at radius 2 is 1.85 bits per heavy atom. The van der Waals surface area contributed by atoms with Crippen molar-refractivity contribution in [1.29, 1.82) is 0 Å². The number of nitrogens with zero attached hydrogens (tertiary/aromatic N) is 1. The minimum atomic E-state index is -0.329. The number of fused-ring (bicyclic) bond motifs is 2. The first-order valence-corrected chi connectivity index (χ1v) is 7.75. The van der Waals surface area contributed by atoms with Crippen molar-refractivity contribution in [2.45, 2.75) is 16.2 Å². The van der Waals surface area contributed by atoms with Crippen molar-refractivity contribution in [2.24, 2.45) is 0 Å². The molecule has 0 radical (unpaired) electrons. The van der Waals surface area contributed by atoms with E-state index in [1.54, 1.807) is 11.8 Å². The Hall–Kier alpha value is -1.16. The molecular formula is C15H11Cl2NOS. The highest BCUT2D eigenvalue weighted by molar-refractivity contribution is 7.99. The molecule has 1 aliphatic heterocycles. The second-order valence-electron chi connectivity index (χ2n) is 4.44. The average molecular weight is 324 g/mol. The van der Waals surface area contributed by atoms with Gasteiger partial charge in [0.05, 0.1) is 11.4 Å². The topological polar surface area (TPSA) is 20.3 Å². The van der Waals surface area contributed by atoms with E-state index in [2.05, 4.69) is 11.0 Å². The molecule has 2 aromatic carbocycles. The van der Waals surface area contributed by atoms with Crippen molar-refractivity contribution >= 4 is 51.6 Å². The Morgan fingerprint density at radius 3 is 2.65 bits per heavy atom. The molecular weight excluding hydrogens is 313 g/mol. The summed E-state index contributed by atoms with van der Waals surface area (Å²) in [7, 11) is 0. The summed E-state index contributed by atoms with van der Waals surface area (Å²) >= 11 is 13.3. The first-order valence-electron chi connectivity index (χ1n) is 6.17. The van der Waals surface area contributed by atoms with E-state index in [-0.39, 0.29) is 5.24 Å². The molecule has 20 heavy (non-hydrogen) atoms. The lowest BCUT2D eigenvalue weighted by atomic mass is 10.2. The first kappa shape index (κ1) is 13.8. The molecule has 0 amide bonds.